The number of pyridine rings is 1. The van der Waals surface area contributed by atoms with E-state index in [9.17, 15) is 4.79 Å². The van der Waals surface area contributed by atoms with Crippen LogP contribution in [0.1, 0.15) is 17.3 Å². The van der Waals surface area contributed by atoms with Crippen LogP contribution in [0, 0.1) is 0 Å². The molecule has 1 aliphatic rings. The Hall–Kier alpha value is -1.62. The van der Waals surface area contributed by atoms with Crippen LogP contribution in [0.3, 0.4) is 0 Å². The molecule has 1 fully saturated rings. The molecule has 1 amide bonds. The van der Waals surface area contributed by atoms with Crippen molar-refractivity contribution in [3.63, 3.8) is 0 Å². The summed E-state index contributed by atoms with van der Waals surface area (Å²) in [5, 5.41) is 3.40. The van der Waals surface area contributed by atoms with Gasteiger partial charge < -0.3 is 15.1 Å². The minimum absolute atomic E-state index is 0.0114. The van der Waals surface area contributed by atoms with Crippen molar-refractivity contribution < 1.29 is 4.79 Å². The maximum absolute atomic E-state index is 11.7. The highest BCUT2D eigenvalue weighted by Crippen LogP contribution is 2.14. The van der Waals surface area contributed by atoms with E-state index < -0.39 is 0 Å². The van der Waals surface area contributed by atoms with Crippen molar-refractivity contribution >= 4 is 11.7 Å². The van der Waals surface area contributed by atoms with E-state index in [-0.39, 0.29) is 5.91 Å². The van der Waals surface area contributed by atoms with E-state index >= 15 is 0 Å². The van der Waals surface area contributed by atoms with Crippen LogP contribution < -0.4 is 10.2 Å². The van der Waals surface area contributed by atoms with Gasteiger partial charge in [0.15, 0.2) is 0 Å². The van der Waals surface area contributed by atoms with Gasteiger partial charge in [-0.15, -0.1) is 0 Å². The third-order valence-electron chi connectivity index (χ3n) is 3.09. The Kier molecular flexibility index (Phi) is 3.81. The molecule has 5 nitrogen and oxygen atoms in total. The van der Waals surface area contributed by atoms with Crippen molar-refractivity contribution in [1.82, 2.24) is 15.2 Å². The van der Waals surface area contributed by atoms with Crippen LogP contribution in [-0.4, -0.2) is 55.6 Å². The lowest BCUT2D eigenvalue weighted by molar-refractivity contribution is 0.0827. The standard InChI is InChI=1S/C13H20N4O/c1-10-9-17(7-6-14-10)12-5-4-11(8-15-12)13(18)16(2)3/h4-5,8,10,14H,6-7,9H2,1-3H3. The second-order valence-electron chi connectivity index (χ2n) is 4.91. The Balaban J connectivity index is 2.10. The summed E-state index contributed by atoms with van der Waals surface area (Å²) < 4.78 is 0. The Morgan fingerprint density at radius 1 is 1.50 bits per heavy atom. The first-order valence-electron chi connectivity index (χ1n) is 6.24. The van der Waals surface area contributed by atoms with Gasteiger partial charge in [0.25, 0.3) is 5.91 Å². The molecule has 1 unspecified atom stereocenters. The summed E-state index contributed by atoms with van der Waals surface area (Å²) in [6.45, 7) is 5.05. The summed E-state index contributed by atoms with van der Waals surface area (Å²) in [7, 11) is 3.49. The molecule has 1 saturated heterocycles. The van der Waals surface area contributed by atoms with Crippen LogP contribution in [0.2, 0.25) is 0 Å². The van der Waals surface area contributed by atoms with Crippen molar-refractivity contribution in [2.45, 2.75) is 13.0 Å². The van der Waals surface area contributed by atoms with Gasteiger partial charge in [0.1, 0.15) is 5.82 Å². The second kappa shape index (κ2) is 5.35. The van der Waals surface area contributed by atoms with Crippen LogP contribution in [-0.2, 0) is 0 Å². The SMILES string of the molecule is CC1CN(c2ccc(C(=O)N(C)C)cn2)CCN1. The molecule has 1 aliphatic heterocycles. The normalized spacial score (nSPS) is 19.7. The van der Waals surface area contributed by atoms with Crippen LogP contribution in [0.15, 0.2) is 18.3 Å². The van der Waals surface area contributed by atoms with E-state index in [1.807, 2.05) is 12.1 Å². The predicted octanol–water partition coefficient (Wildman–Crippen LogP) is 0.581. The number of nitrogens with zero attached hydrogens (tertiary/aromatic N) is 3. The number of nitrogens with one attached hydrogen (secondary N) is 1. The first-order valence-corrected chi connectivity index (χ1v) is 6.24. The monoisotopic (exact) mass is 248 g/mol. The van der Waals surface area contributed by atoms with Crippen molar-refractivity contribution in [3.05, 3.63) is 23.9 Å². The summed E-state index contributed by atoms with van der Waals surface area (Å²) in [6, 6.07) is 4.25. The lowest BCUT2D eigenvalue weighted by Crippen LogP contribution is -2.49. The van der Waals surface area contributed by atoms with Crippen LogP contribution >= 0.6 is 0 Å². The third-order valence-corrected chi connectivity index (χ3v) is 3.09. The number of rotatable bonds is 2. The van der Waals surface area contributed by atoms with Gasteiger partial charge in [-0.05, 0) is 19.1 Å². The molecule has 0 radical (unpaired) electrons. The number of amides is 1. The highest BCUT2D eigenvalue weighted by Gasteiger charge is 2.17. The Morgan fingerprint density at radius 2 is 2.28 bits per heavy atom. The zero-order chi connectivity index (χ0) is 13.1. The molecule has 0 saturated carbocycles. The molecule has 0 spiro atoms. The van der Waals surface area contributed by atoms with E-state index in [1.54, 1.807) is 25.2 Å². The Bertz CT molecular complexity index is 416. The smallest absolute Gasteiger partial charge is 0.254 e. The van der Waals surface area contributed by atoms with Crippen molar-refractivity contribution in [3.8, 4) is 0 Å². The maximum atomic E-state index is 11.7. The van der Waals surface area contributed by atoms with Gasteiger partial charge in [-0.25, -0.2) is 4.98 Å². The van der Waals surface area contributed by atoms with E-state index in [0.717, 1.165) is 25.5 Å². The number of anilines is 1. The summed E-state index contributed by atoms with van der Waals surface area (Å²) in [5.74, 6) is 0.932. The van der Waals surface area contributed by atoms with E-state index in [2.05, 4.69) is 22.1 Å². The lowest BCUT2D eigenvalue weighted by atomic mass is 10.2. The van der Waals surface area contributed by atoms with Gasteiger partial charge in [0, 0.05) is 46.0 Å². The molecule has 0 aromatic carbocycles. The van der Waals surface area contributed by atoms with Gasteiger partial charge in [-0.3, -0.25) is 4.79 Å². The van der Waals surface area contributed by atoms with E-state index in [4.69, 9.17) is 0 Å². The van der Waals surface area contributed by atoms with Crippen LogP contribution in [0.25, 0.3) is 0 Å². The number of piperazine rings is 1. The fourth-order valence-corrected chi connectivity index (χ4v) is 2.10. The number of hydrogen-bond acceptors (Lipinski definition) is 4. The fourth-order valence-electron chi connectivity index (χ4n) is 2.10. The minimum Gasteiger partial charge on any atom is -0.354 e. The molecule has 1 N–H and O–H groups in total. The number of carbonyl (C=O) groups is 1. The molecule has 2 rings (SSSR count). The lowest BCUT2D eigenvalue weighted by Gasteiger charge is -2.32. The molecule has 18 heavy (non-hydrogen) atoms. The fraction of sp³-hybridized carbons (Fsp3) is 0.538. The molecule has 2 heterocycles. The first kappa shape index (κ1) is 12.8. The zero-order valence-electron chi connectivity index (χ0n) is 11.2. The molecular formula is C13H20N4O. The summed E-state index contributed by atoms with van der Waals surface area (Å²) in [4.78, 5) is 19.9. The average molecular weight is 248 g/mol. The van der Waals surface area contributed by atoms with Gasteiger partial charge >= 0.3 is 0 Å². The van der Waals surface area contributed by atoms with Crippen LogP contribution in [0.5, 0.6) is 0 Å². The van der Waals surface area contributed by atoms with Gasteiger partial charge in [-0.1, -0.05) is 0 Å². The predicted molar refractivity (Wildman–Crippen MR) is 71.9 cm³/mol. The van der Waals surface area contributed by atoms with Gasteiger partial charge in [0.05, 0.1) is 5.56 Å². The summed E-state index contributed by atoms with van der Waals surface area (Å²) >= 11 is 0. The molecular weight excluding hydrogens is 228 g/mol. The minimum atomic E-state index is -0.0114. The topological polar surface area (TPSA) is 48.5 Å². The molecule has 98 valence electrons. The summed E-state index contributed by atoms with van der Waals surface area (Å²) in [5.41, 5.74) is 0.631. The first-order chi connectivity index (χ1) is 8.58. The quantitative estimate of drug-likeness (QED) is 0.832. The highest BCUT2D eigenvalue weighted by atomic mass is 16.2. The van der Waals surface area contributed by atoms with Gasteiger partial charge in [-0.2, -0.15) is 0 Å². The summed E-state index contributed by atoms with van der Waals surface area (Å²) in [6.07, 6.45) is 1.66. The van der Waals surface area contributed by atoms with E-state index in [1.165, 1.54) is 0 Å². The molecule has 1 atom stereocenters. The largest absolute Gasteiger partial charge is 0.354 e. The second-order valence-corrected chi connectivity index (χ2v) is 4.91. The number of aromatic nitrogens is 1. The number of carbonyl (C=O) groups excluding carboxylic acids is 1. The van der Waals surface area contributed by atoms with E-state index in [0.29, 0.717) is 11.6 Å². The van der Waals surface area contributed by atoms with Crippen molar-refractivity contribution in [2.24, 2.45) is 0 Å². The molecule has 0 bridgehead atoms. The van der Waals surface area contributed by atoms with Crippen LogP contribution in [0.4, 0.5) is 5.82 Å². The van der Waals surface area contributed by atoms with Crippen molar-refractivity contribution in [2.75, 3.05) is 38.6 Å². The molecule has 5 heteroatoms. The highest BCUT2D eigenvalue weighted by molar-refractivity contribution is 5.93. The molecule has 0 aliphatic carbocycles. The zero-order valence-corrected chi connectivity index (χ0v) is 11.2. The third kappa shape index (κ3) is 2.79. The molecule has 1 aromatic rings. The van der Waals surface area contributed by atoms with Crippen molar-refractivity contribution in [1.29, 1.82) is 0 Å². The Morgan fingerprint density at radius 3 is 2.83 bits per heavy atom. The number of hydrogen-bond donors (Lipinski definition) is 1. The molecule has 1 aromatic heterocycles. The van der Waals surface area contributed by atoms with Gasteiger partial charge in [0.2, 0.25) is 0 Å². The maximum Gasteiger partial charge on any atom is 0.254 e. The average Bonchev–Trinajstić information content (AvgIpc) is 2.38. The Labute approximate surface area is 108 Å².